The lowest BCUT2D eigenvalue weighted by Gasteiger charge is -1.89. The standard InChI is InChI=1S/C7H9N3S/c1-3-6-5(2)10-7(11-6)8-4-9-10/h4H,3H2,1-2H3. The molecule has 2 aromatic rings. The predicted octanol–water partition coefficient (Wildman–Crippen LogP) is 1.66. The van der Waals surface area contributed by atoms with Gasteiger partial charge in [-0.1, -0.05) is 18.3 Å². The van der Waals surface area contributed by atoms with E-state index in [1.165, 1.54) is 10.6 Å². The second-order valence-corrected chi connectivity index (χ2v) is 3.48. The van der Waals surface area contributed by atoms with Crippen LogP contribution in [0.2, 0.25) is 0 Å². The Labute approximate surface area is 68.7 Å². The number of hydrogen-bond donors (Lipinski definition) is 0. The van der Waals surface area contributed by atoms with E-state index in [-0.39, 0.29) is 0 Å². The van der Waals surface area contributed by atoms with E-state index in [0.717, 1.165) is 11.4 Å². The Morgan fingerprint density at radius 3 is 3.09 bits per heavy atom. The third-order valence-corrected chi connectivity index (χ3v) is 3.06. The van der Waals surface area contributed by atoms with E-state index < -0.39 is 0 Å². The number of rotatable bonds is 1. The van der Waals surface area contributed by atoms with Crippen LogP contribution in [0.4, 0.5) is 0 Å². The maximum atomic E-state index is 4.12. The fourth-order valence-corrected chi connectivity index (χ4v) is 2.13. The van der Waals surface area contributed by atoms with E-state index in [2.05, 4.69) is 23.9 Å². The fourth-order valence-electron chi connectivity index (χ4n) is 1.16. The molecule has 11 heavy (non-hydrogen) atoms. The molecule has 0 spiro atoms. The van der Waals surface area contributed by atoms with E-state index in [1.807, 2.05) is 4.52 Å². The Balaban J connectivity index is 2.76. The van der Waals surface area contributed by atoms with E-state index in [1.54, 1.807) is 17.7 Å². The molecule has 0 unspecified atom stereocenters. The number of aryl methyl sites for hydroxylation is 2. The van der Waals surface area contributed by atoms with Crippen molar-refractivity contribution in [2.75, 3.05) is 0 Å². The van der Waals surface area contributed by atoms with Crippen LogP contribution in [0.1, 0.15) is 17.5 Å². The topological polar surface area (TPSA) is 30.2 Å². The molecule has 0 saturated heterocycles. The van der Waals surface area contributed by atoms with Gasteiger partial charge in [0.15, 0.2) is 0 Å². The average Bonchev–Trinajstić information content (AvgIpc) is 2.53. The van der Waals surface area contributed by atoms with Gasteiger partial charge < -0.3 is 0 Å². The molecular weight excluding hydrogens is 158 g/mol. The average molecular weight is 167 g/mol. The van der Waals surface area contributed by atoms with Crippen LogP contribution >= 0.6 is 11.3 Å². The van der Waals surface area contributed by atoms with Gasteiger partial charge in [-0.05, 0) is 13.3 Å². The second-order valence-electron chi connectivity index (χ2n) is 2.42. The molecule has 58 valence electrons. The lowest BCUT2D eigenvalue weighted by molar-refractivity contribution is 0.913. The number of thiazole rings is 1. The van der Waals surface area contributed by atoms with Gasteiger partial charge in [0.2, 0.25) is 4.96 Å². The number of fused-ring (bicyclic) bond motifs is 1. The van der Waals surface area contributed by atoms with Crippen molar-refractivity contribution >= 4 is 16.3 Å². The van der Waals surface area contributed by atoms with E-state index in [4.69, 9.17) is 0 Å². The van der Waals surface area contributed by atoms with Crippen LogP contribution < -0.4 is 0 Å². The normalized spacial score (nSPS) is 11.1. The fraction of sp³-hybridized carbons (Fsp3) is 0.429. The maximum absolute atomic E-state index is 4.12. The molecule has 0 saturated carbocycles. The van der Waals surface area contributed by atoms with Crippen LogP contribution in [0.25, 0.3) is 4.96 Å². The monoisotopic (exact) mass is 167 g/mol. The van der Waals surface area contributed by atoms with Gasteiger partial charge in [-0.15, -0.1) is 0 Å². The molecule has 2 heterocycles. The first-order valence-corrected chi connectivity index (χ1v) is 4.42. The maximum Gasteiger partial charge on any atom is 0.212 e. The molecule has 0 fully saturated rings. The van der Waals surface area contributed by atoms with Gasteiger partial charge >= 0.3 is 0 Å². The Morgan fingerprint density at radius 2 is 2.45 bits per heavy atom. The van der Waals surface area contributed by atoms with Gasteiger partial charge in [-0.2, -0.15) is 5.10 Å². The molecule has 0 aliphatic carbocycles. The summed E-state index contributed by atoms with van der Waals surface area (Å²) in [5.74, 6) is 0. The van der Waals surface area contributed by atoms with Crippen LogP contribution in [0, 0.1) is 6.92 Å². The van der Waals surface area contributed by atoms with E-state index in [9.17, 15) is 0 Å². The zero-order valence-corrected chi connectivity index (χ0v) is 7.35. The Kier molecular flexibility index (Phi) is 1.42. The zero-order valence-electron chi connectivity index (χ0n) is 6.53. The van der Waals surface area contributed by atoms with Crippen molar-refractivity contribution in [2.24, 2.45) is 0 Å². The first kappa shape index (κ1) is 6.79. The van der Waals surface area contributed by atoms with Crippen LogP contribution in [0.15, 0.2) is 6.33 Å². The van der Waals surface area contributed by atoms with Crippen molar-refractivity contribution < 1.29 is 0 Å². The summed E-state index contributed by atoms with van der Waals surface area (Å²) >= 11 is 1.72. The summed E-state index contributed by atoms with van der Waals surface area (Å²) in [5, 5.41) is 4.10. The summed E-state index contributed by atoms with van der Waals surface area (Å²) in [7, 11) is 0. The Bertz CT molecular complexity index is 374. The van der Waals surface area contributed by atoms with Crippen molar-refractivity contribution in [1.29, 1.82) is 0 Å². The first-order chi connectivity index (χ1) is 5.33. The highest BCUT2D eigenvalue weighted by molar-refractivity contribution is 7.17. The predicted molar refractivity (Wildman–Crippen MR) is 45.0 cm³/mol. The first-order valence-electron chi connectivity index (χ1n) is 3.61. The molecule has 3 nitrogen and oxygen atoms in total. The van der Waals surface area contributed by atoms with Crippen molar-refractivity contribution in [3.05, 3.63) is 16.9 Å². The van der Waals surface area contributed by atoms with Gasteiger partial charge in [0.05, 0.1) is 5.69 Å². The van der Waals surface area contributed by atoms with Crippen LogP contribution in [0.3, 0.4) is 0 Å². The van der Waals surface area contributed by atoms with Gasteiger partial charge in [-0.25, -0.2) is 9.50 Å². The molecule has 4 heteroatoms. The van der Waals surface area contributed by atoms with Gasteiger partial charge in [-0.3, -0.25) is 0 Å². The minimum Gasteiger partial charge on any atom is -0.208 e. The van der Waals surface area contributed by atoms with Crippen molar-refractivity contribution in [3.63, 3.8) is 0 Å². The van der Waals surface area contributed by atoms with E-state index in [0.29, 0.717) is 0 Å². The third-order valence-electron chi connectivity index (χ3n) is 1.77. The van der Waals surface area contributed by atoms with Crippen LogP contribution in [0.5, 0.6) is 0 Å². The SMILES string of the molecule is CCc1sc2ncnn2c1C. The molecule has 2 rings (SSSR count). The molecule has 0 aromatic carbocycles. The summed E-state index contributed by atoms with van der Waals surface area (Å²) in [5.41, 5.74) is 1.23. The molecule has 2 aromatic heterocycles. The minimum atomic E-state index is 0.999. The Hall–Kier alpha value is -0.900. The molecule has 0 aliphatic heterocycles. The Morgan fingerprint density at radius 1 is 1.64 bits per heavy atom. The lowest BCUT2D eigenvalue weighted by Crippen LogP contribution is -1.88. The highest BCUT2D eigenvalue weighted by Crippen LogP contribution is 2.20. The molecule has 0 atom stereocenters. The van der Waals surface area contributed by atoms with E-state index >= 15 is 0 Å². The summed E-state index contributed by atoms with van der Waals surface area (Å²) in [4.78, 5) is 6.49. The molecule has 0 N–H and O–H groups in total. The molecule has 0 aliphatic rings. The zero-order chi connectivity index (χ0) is 7.84. The van der Waals surface area contributed by atoms with Crippen LogP contribution in [-0.4, -0.2) is 14.6 Å². The van der Waals surface area contributed by atoms with Gasteiger partial charge in [0, 0.05) is 4.88 Å². The highest BCUT2D eigenvalue weighted by Gasteiger charge is 2.06. The molecule has 0 bridgehead atoms. The largest absolute Gasteiger partial charge is 0.212 e. The molecular formula is C7H9N3S. The minimum absolute atomic E-state index is 0.999. The quantitative estimate of drug-likeness (QED) is 0.646. The molecule has 0 radical (unpaired) electrons. The lowest BCUT2D eigenvalue weighted by atomic mass is 10.3. The highest BCUT2D eigenvalue weighted by atomic mass is 32.1. The smallest absolute Gasteiger partial charge is 0.208 e. The third kappa shape index (κ3) is 0.860. The summed E-state index contributed by atoms with van der Waals surface area (Å²) in [6.07, 6.45) is 2.67. The second kappa shape index (κ2) is 2.30. The number of aromatic nitrogens is 3. The summed E-state index contributed by atoms with van der Waals surface area (Å²) in [6, 6.07) is 0. The van der Waals surface area contributed by atoms with Crippen molar-refractivity contribution in [2.45, 2.75) is 20.3 Å². The van der Waals surface area contributed by atoms with Gasteiger partial charge in [0.25, 0.3) is 0 Å². The van der Waals surface area contributed by atoms with Crippen LogP contribution in [-0.2, 0) is 6.42 Å². The van der Waals surface area contributed by atoms with Crippen molar-refractivity contribution in [3.8, 4) is 0 Å². The number of hydrogen-bond acceptors (Lipinski definition) is 3. The molecule has 0 amide bonds. The summed E-state index contributed by atoms with van der Waals surface area (Å²) < 4.78 is 1.89. The number of nitrogens with zero attached hydrogens (tertiary/aromatic N) is 3. The summed E-state index contributed by atoms with van der Waals surface area (Å²) in [6.45, 7) is 4.23. The van der Waals surface area contributed by atoms with Gasteiger partial charge in [0.1, 0.15) is 6.33 Å². The van der Waals surface area contributed by atoms with Crippen molar-refractivity contribution in [1.82, 2.24) is 14.6 Å².